The number of nitrogens with one attached hydrogen (secondary N) is 1. The largest absolute Gasteiger partial charge is 0.507 e. The fourth-order valence-corrected chi connectivity index (χ4v) is 5.24. The van der Waals surface area contributed by atoms with Crippen molar-refractivity contribution >= 4 is 29.3 Å². The Morgan fingerprint density at radius 3 is 2.45 bits per heavy atom. The molecule has 0 radical (unpaired) electrons. The van der Waals surface area contributed by atoms with Crippen LogP contribution in [0.3, 0.4) is 0 Å². The van der Waals surface area contributed by atoms with Gasteiger partial charge in [0.25, 0.3) is 0 Å². The van der Waals surface area contributed by atoms with Crippen LogP contribution < -0.4 is 11.1 Å². The number of aromatic hydroxyl groups is 1. The molecule has 0 fully saturated rings. The minimum absolute atomic E-state index is 0. The van der Waals surface area contributed by atoms with Crippen molar-refractivity contribution in [2.24, 2.45) is 23.5 Å². The van der Waals surface area contributed by atoms with Crippen molar-refractivity contribution in [1.29, 1.82) is 0 Å². The number of ether oxygens (including phenoxy) is 1. The summed E-state index contributed by atoms with van der Waals surface area (Å²) < 4.78 is 4.92. The number of carbonyl (C=O) groups excluding carboxylic acids is 4. The van der Waals surface area contributed by atoms with Crippen LogP contribution in [0.5, 0.6) is 5.75 Å². The van der Waals surface area contributed by atoms with Crippen LogP contribution in [-0.2, 0) is 20.7 Å². The number of aliphatic hydroxyl groups is 2. The molecule has 2 aromatic rings. The molecule has 0 saturated heterocycles. The summed E-state index contributed by atoms with van der Waals surface area (Å²) in [7, 11) is 0. The molecular weight excluding hydrogens is 520 g/mol. The first-order chi connectivity index (χ1) is 18.7. The van der Waals surface area contributed by atoms with E-state index >= 15 is 0 Å². The van der Waals surface area contributed by atoms with Crippen molar-refractivity contribution in [2.75, 3.05) is 25.1 Å². The Kier molecular flexibility index (Phi) is 12.0. The number of ketones is 2. The summed E-state index contributed by atoms with van der Waals surface area (Å²) in [6.45, 7) is 2.85. The minimum Gasteiger partial charge on any atom is -0.507 e. The Morgan fingerprint density at radius 1 is 1.15 bits per heavy atom. The first-order valence-electron chi connectivity index (χ1n) is 12.7. The summed E-state index contributed by atoms with van der Waals surface area (Å²) in [5, 5.41) is 32.6. The second-order valence-corrected chi connectivity index (χ2v) is 9.68. The van der Waals surface area contributed by atoms with Gasteiger partial charge in [0.05, 0.1) is 18.6 Å². The molecule has 11 heteroatoms. The number of anilines is 1. The van der Waals surface area contributed by atoms with Gasteiger partial charge in [0.15, 0.2) is 5.78 Å². The highest BCUT2D eigenvalue weighted by molar-refractivity contribution is 6.03. The van der Waals surface area contributed by atoms with Crippen molar-refractivity contribution in [1.82, 2.24) is 0 Å². The highest BCUT2D eigenvalue weighted by Gasteiger charge is 2.35. The number of primary amides is 1. The highest BCUT2D eigenvalue weighted by atomic mass is 16.5. The van der Waals surface area contributed by atoms with Crippen molar-refractivity contribution in [3.8, 4) is 16.9 Å². The Morgan fingerprint density at radius 2 is 1.85 bits per heavy atom. The molecule has 0 aliphatic heterocycles. The maximum absolute atomic E-state index is 13.2. The predicted molar refractivity (Wildman–Crippen MR) is 152 cm³/mol. The number of phenols is 1. The van der Waals surface area contributed by atoms with E-state index in [1.54, 1.807) is 30.3 Å². The molecule has 11 nitrogen and oxygen atoms in total. The number of nitrogens with two attached hydrogens (primary N) is 1. The van der Waals surface area contributed by atoms with Crippen molar-refractivity contribution in [3.63, 3.8) is 0 Å². The number of carbonyl (C=O) groups is 4. The lowest BCUT2D eigenvalue weighted by Crippen LogP contribution is -2.33. The van der Waals surface area contributed by atoms with E-state index in [2.05, 4.69) is 11.9 Å². The summed E-state index contributed by atoms with van der Waals surface area (Å²) in [6.07, 6.45) is 1.45. The first-order valence-corrected chi connectivity index (χ1v) is 12.7. The summed E-state index contributed by atoms with van der Waals surface area (Å²) in [6, 6.07) is 10.1. The fourth-order valence-electron chi connectivity index (χ4n) is 5.24. The summed E-state index contributed by atoms with van der Waals surface area (Å²) in [4.78, 5) is 48.8. The van der Waals surface area contributed by atoms with Gasteiger partial charge in [0.2, 0.25) is 5.91 Å². The van der Waals surface area contributed by atoms with Crippen LogP contribution in [0.25, 0.3) is 11.1 Å². The van der Waals surface area contributed by atoms with E-state index in [1.807, 2.05) is 0 Å². The van der Waals surface area contributed by atoms with Gasteiger partial charge in [-0.2, -0.15) is 0 Å². The predicted octanol–water partition coefficient (Wildman–Crippen LogP) is 2.65. The average Bonchev–Trinajstić information content (AvgIpc) is 2.88. The Hall–Kier alpha value is -4.06. The van der Waals surface area contributed by atoms with Gasteiger partial charge in [-0.25, -0.2) is 4.79 Å². The van der Waals surface area contributed by atoms with Crippen LogP contribution in [0.4, 0.5) is 10.5 Å². The number of fused-ring (bicyclic) bond motifs is 1. The number of hydrogen-bond donors (Lipinski definition) is 5. The van der Waals surface area contributed by atoms with Gasteiger partial charge in [-0.15, -0.1) is 0 Å². The van der Waals surface area contributed by atoms with Gasteiger partial charge in [0.1, 0.15) is 18.1 Å². The molecule has 40 heavy (non-hydrogen) atoms. The van der Waals surface area contributed by atoms with Crippen LogP contribution in [0.1, 0.15) is 44.5 Å². The molecule has 220 valence electrons. The highest BCUT2D eigenvalue weighted by Crippen LogP contribution is 2.41. The number of hydrogen-bond acceptors (Lipinski definition) is 8. The summed E-state index contributed by atoms with van der Waals surface area (Å²) in [5.74, 6) is -3.21. The lowest BCUT2D eigenvalue weighted by Gasteiger charge is -2.31. The molecule has 2 amide bonds. The molecule has 0 aromatic heterocycles. The third kappa shape index (κ3) is 7.98. The molecule has 3 atom stereocenters. The van der Waals surface area contributed by atoms with Gasteiger partial charge in [-0.3, -0.25) is 19.7 Å². The quantitative estimate of drug-likeness (QED) is 0.181. The van der Waals surface area contributed by atoms with Crippen LogP contribution in [0.2, 0.25) is 0 Å². The lowest BCUT2D eigenvalue weighted by molar-refractivity contribution is -0.131. The SMILES string of the molecule is C=CCOC(=O)Nc1ccc(-c2ccc(O)c3c2CC(CC(CCO)C(CO)C(=O)CC(N)=O)CC3=O)cc1.O.[HH].[HH]. The number of rotatable bonds is 13. The van der Waals surface area contributed by atoms with Gasteiger partial charge in [-0.1, -0.05) is 30.9 Å². The van der Waals surface area contributed by atoms with E-state index in [0.29, 0.717) is 24.1 Å². The van der Waals surface area contributed by atoms with E-state index < -0.39 is 42.6 Å². The van der Waals surface area contributed by atoms with Crippen LogP contribution in [-0.4, -0.2) is 64.2 Å². The van der Waals surface area contributed by atoms with Crippen molar-refractivity contribution in [2.45, 2.75) is 32.1 Å². The van der Waals surface area contributed by atoms with Crippen LogP contribution in [0, 0.1) is 17.8 Å². The number of amides is 2. The second-order valence-electron chi connectivity index (χ2n) is 9.68. The number of benzene rings is 2. The van der Waals surface area contributed by atoms with Gasteiger partial charge < -0.3 is 31.3 Å². The lowest BCUT2D eigenvalue weighted by atomic mass is 9.72. The first kappa shape index (κ1) is 32.2. The second kappa shape index (κ2) is 14.9. The molecule has 1 aliphatic carbocycles. The van der Waals surface area contributed by atoms with Crippen molar-refractivity contribution < 1.29 is 47.6 Å². The summed E-state index contributed by atoms with van der Waals surface area (Å²) in [5.41, 5.74) is 8.09. The molecule has 0 saturated carbocycles. The fraction of sp³-hybridized carbons (Fsp3) is 0.379. The van der Waals surface area contributed by atoms with E-state index in [9.17, 15) is 34.5 Å². The molecule has 0 spiro atoms. The molecule has 3 rings (SSSR count). The average molecular weight is 561 g/mol. The molecule has 2 aromatic carbocycles. The molecule has 1 aliphatic rings. The number of aliphatic hydroxyl groups excluding tert-OH is 2. The Bertz CT molecular complexity index is 1240. The Labute approximate surface area is 234 Å². The molecule has 3 unspecified atom stereocenters. The molecular formula is C29H40N2O9. The van der Waals surface area contributed by atoms with Crippen LogP contribution in [0.15, 0.2) is 49.1 Å². The van der Waals surface area contributed by atoms with E-state index in [4.69, 9.17) is 10.5 Å². The standard InChI is InChI=1S/C29H34N2O8.H2O.2H2/c1-2-11-39-29(38)31-20-5-3-18(4-6-20)21-7-8-24(34)28-22(21)13-17(14-26(28)36)12-19(9-10-32)23(16-33)25(35)15-27(30)37;;;/h2-8,17,19,23,32-34H,1,9-16H2,(H2,30,37)(H,31,38);1H2;2*1H. The Balaban J connectivity index is 0.00000560. The maximum atomic E-state index is 13.2. The molecule has 0 heterocycles. The zero-order chi connectivity index (χ0) is 28.5. The number of phenolic OH excluding ortho intramolecular Hbond substituents is 1. The van der Waals surface area contributed by atoms with E-state index in [-0.39, 0.29) is 57.4 Å². The van der Waals surface area contributed by atoms with Crippen LogP contribution >= 0.6 is 0 Å². The van der Waals surface area contributed by atoms with E-state index in [1.165, 1.54) is 12.1 Å². The molecule has 0 bridgehead atoms. The topological polar surface area (TPSA) is 208 Å². The third-order valence-electron chi connectivity index (χ3n) is 6.97. The third-order valence-corrected chi connectivity index (χ3v) is 6.97. The van der Waals surface area contributed by atoms with Gasteiger partial charge >= 0.3 is 6.09 Å². The smallest absolute Gasteiger partial charge is 0.411 e. The van der Waals surface area contributed by atoms with Gasteiger partial charge in [-0.05, 0) is 66.0 Å². The number of Topliss-reactive ketones (excluding diaryl/α,β-unsaturated/α-hetero) is 2. The van der Waals surface area contributed by atoms with Crippen molar-refractivity contribution in [3.05, 3.63) is 60.2 Å². The maximum Gasteiger partial charge on any atom is 0.411 e. The van der Waals surface area contributed by atoms with Gasteiger partial charge in [0, 0.05) is 27.5 Å². The summed E-state index contributed by atoms with van der Waals surface area (Å²) >= 11 is 0. The molecule has 8 N–H and O–H groups in total. The minimum atomic E-state index is -0.886. The normalized spacial score (nSPS) is 15.7. The van der Waals surface area contributed by atoms with E-state index in [0.717, 1.165) is 11.1 Å². The monoisotopic (exact) mass is 560 g/mol. The zero-order valence-electron chi connectivity index (χ0n) is 22.1. The zero-order valence-corrected chi connectivity index (χ0v) is 22.1.